The van der Waals surface area contributed by atoms with Gasteiger partial charge in [0.15, 0.2) is 0 Å². The van der Waals surface area contributed by atoms with Gasteiger partial charge in [0, 0.05) is 11.8 Å². The first-order valence-electron chi connectivity index (χ1n) is 6.83. The van der Waals surface area contributed by atoms with Crippen LogP contribution < -0.4 is 5.32 Å². The third-order valence-electron chi connectivity index (χ3n) is 4.37. The van der Waals surface area contributed by atoms with E-state index in [9.17, 15) is 0 Å². The average molecular weight is 241 g/mol. The third kappa shape index (κ3) is 2.76. The Morgan fingerprint density at radius 1 is 1.19 bits per heavy atom. The lowest BCUT2D eigenvalue weighted by Crippen LogP contribution is -2.40. The standard InChI is InChI=1S/C14H27NS/c1-11-10-16-14(15-11)8-5-6-12(7-9-14)13(2,3)4/h11-12,15H,5-10H2,1-4H3. The van der Waals surface area contributed by atoms with E-state index in [-0.39, 0.29) is 0 Å². The van der Waals surface area contributed by atoms with E-state index in [1.807, 2.05) is 0 Å². The summed E-state index contributed by atoms with van der Waals surface area (Å²) in [5.74, 6) is 2.23. The van der Waals surface area contributed by atoms with Crippen LogP contribution in [-0.4, -0.2) is 16.7 Å². The molecule has 1 aliphatic carbocycles. The van der Waals surface area contributed by atoms with Gasteiger partial charge in [0.05, 0.1) is 4.87 Å². The van der Waals surface area contributed by atoms with Crippen LogP contribution in [0.2, 0.25) is 0 Å². The van der Waals surface area contributed by atoms with E-state index in [0.29, 0.717) is 10.3 Å². The first kappa shape index (κ1) is 12.8. The van der Waals surface area contributed by atoms with Crippen molar-refractivity contribution in [1.82, 2.24) is 5.32 Å². The van der Waals surface area contributed by atoms with E-state index < -0.39 is 0 Å². The summed E-state index contributed by atoms with van der Waals surface area (Å²) in [4.78, 5) is 0.444. The van der Waals surface area contributed by atoms with Gasteiger partial charge in [0.1, 0.15) is 0 Å². The van der Waals surface area contributed by atoms with Crippen LogP contribution in [0.3, 0.4) is 0 Å². The van der Waals surface area contributed by atoms with Gasteiger partial charge in [-0.15, -0.1) is 11.8 Å². The summed E-state index contributed by atoms with van der Waals surface area (Å²) >= 11 is 2.19. The molecule has 1 aliphatic heterocycles. The highest BCUT2D eigenvalue weighted by molar-refractivity contribution is 8.00. The first-order chi connectivity index (χ1) is 7.41. The number of thioether (sulfide) groups is 1. The first-order valence-corrected chi connectivity index (χ1v) is 7.81. The Bertz CT molecular complexity index is 246. The predicted octanol–water partition coefficient (Wildman–Crippen LogP) is 4.03. The molecule has 0 bridgehead atoms. The molecule has 2 rings (SSSR count). The quantitative estimate of drug-likeness (QED) is 0.687. The molecule has 1 spiro atoms. The smallest absolute Gasteiger partial charge is 0.0648 e. The molecule has 1 heterocycles. The van der Waals surface area contributed by atoms with E-state index in [4.69, 9.17) is 0 Å². The molecular formula is C14H27NS. The van der Waals surface area contributed by atoms with Gasteiger partial charge in [-0.3, -0.25) is 5.32 Å². The molecule has 3 unspecified atom stereocenters. The molecule has 2 fully saturated rings. The molecule has 1 saturated carbocycles. The van der Waals surface area contributed by atoms with Crippen molar-refractivity contribution in [3.8, 4) is 0 Å². The van der Waals surface area contributed by atoms with Gasteiger partial charge in [-0.2, -0.15) is 0 Å². The van der Waals surface area contributed by atoms with E-state index in [1.54, 1.807) is 0 Å². The van der Waals surface area contributed by atoms with Crippen LogP contribution in [0.15, 0.2) is 0 Å². The summed E-state index contributed by atoms with van der Waals surface area (Å²) in [7, 11) is 0. The van der Waals surface area contributed by atoms with Crippen LogP contribution >= 0.6 is 11.8 Å². The number of nitrogens with one attached hydrogen (secondary N) is 1. The van der Waals surface area contributed by atoms with Crippen molar-refractivity contribution < 1.29 is 0 Å². The highest BCUT2D eigenvalue weighted by Crippen LogP contribution is 2.46. The number of hydrogen-bond donors (Lipinski definition) is 1. The fourth-order valence-electron chi connectivity index (χ4n) is 3.28. The largest absolute Gasteiger partial charge is 0.299 e. The Hall–Kier alpha value is 0.310. The van der Waals surface area contributed by atoms with Crippen LogP contribution in [0.4, 0.5) is 0 Å². The molecule has 0 aromatic rings. The van der Waals surface area contributed by atoms with Gasteiger partial charge < -0.3 is 0 Å². The predicted molar refractivity (Wildman–Crippen MR) is 73.8 cm³/mol. The minimum atomic E-state index is 0.444. The molecule has 2 heteroatoms. The van der Waals surface area contributed by atoms with E-state index >= 15 is 0 Å². The van der Waals surface area contributed by atoms with Crippen LogP contribution in [0, 0.1) is 11.3 Å². The second kappa shape index (κ2) is 4.53. The molecule has 0 amide bonds. The fourth-order valence-corrected chi connectivity index (χ4v) is 4.77. The Labute approximate surface area is 105 Å². The summed E-state index contributed by atoms with van der Waals surface area (Å²) in [6.07, 6.45) is 7.02. The molecular weight excluding hydrogens is 214 g/mol. The van der Waals surface area contributed by atoms with Crippen molar-refractivity contribution >= 4 is 11.8 Å². The molecule has 94 valence electrons. The van der Waals surface area contributed by atoms with Gasteiger partial charge in [-0.05, 0) is 43.9 Å². The van der Waals surface area contributed by atoms with Crippen LogP contribution in [-0.2, 0) is 0 Å². The SMILES string of the molecule is CC1CSC2(CCCC(C(C)(C)C)CC2)N1. The van der Waals surface area contributed by atoms with Gasteiger partial charge >= 0.3 is 0 Å². The zero-order valence-electron chi connectivity index (χ0n) is 11.3. The van der Waals surface area contributed by atoms with E-state index in [1.165, 1.54) is 37.9 Å². The third-order valence-corrected chi connectivity index (χ3v) is 6.12. The van der Waals surface area contributed by atoms with E-state index in [2.05, 4.69) is 44.8 Å². The highest BCUT2D eigenvalue weighted by atomic mass is 32.2. The van der Waals surface area contributed by atoms with Gasteiger partial charge in [0.25, 0.3) is 0 Å². The highest BCUT2D eigenvalue weighted by Gasteiger charge is 2.40. The minimum absolute atomic E-state index is 0.444. The zero-order valence-corrected chi connectivity index (χ0v) is 12.1. The molecule has 0 aromatic heterocycles. The maximum Gasteiger partial charge on any atom is 0.0648 e. The van der Waals surface area contributed by atoms with Crippen LogP contribution in [0.5, 0.6) is 0 Å². The van der Waals surface area contributed by atoms with Gasteiger partial charge in [-0.1, -0.05) is 27.2 Å². The summed E-state index contributed by atoms with van der Waals surface area (Å²) in [5, 5.41) is 3.84. The molecule has 1 nitrogen and oxygen atoms in total. The van der Waals surface area contributed by atoms with Crippen molar-refractivity contribution in [1.29, 1.82) is 0 Å². The second-order valence-electron chi connectivity index (χ2n) is 6.84. The molecule has 0 aromatic carbocycles. The topological polar surface area (TPSA) is 12.0 Å². The fraction of sp³-hybridized carbons (Fsp3) is 1.00. The monoisotopic (exact) mass is 241 g/mol. The molecule has 2 aliphatic rings. The summed E-state index contributed by atoms with van der Waals surface area (Å²) < 4.78 is 0. The van der Waals surface area contributed by atoms with Crippen molar-refractivity contribution in [3.05, 3.63) is 0 Å². The lowest BCUT2D eigenvalue weighted by molar-refractivity contribution is 0.212. The Morgan fingerprint density at radius 2 is 1.94 bits per heavy atom. The maximum absolute atomic E-state index is 3.84. The zero-order chi connectivity index (χ0) is 11.8. The number of rotatable bonds is 0. The maximum atomic E-state index is 3.84. The summed E-state index contributed by atoms with van der Waals surface area (Å²) in [5.41, 5.74) is 0.500. The lowest BCUT2D eigenvalue weighted by atomic mass is 9.76. The van der Waals surface area contributed by atoms with Crippen LogP contribution in [0.25, 0.3) is 0 Å². The summed E-state index contributed by atoms with van der Waals surface area (Å²) in [6.45, 7) is 9.56. The van der Waals surface area contributed by atoms with Crippen molar-refractivity contribution in [2.24, 2.45) is 11.3 Å². The molecule has 1 saturated heterocycles. The Morgan fingerprint density at radius 3 is 2.50 bits per heavy atom. The van der Waals surface area contributed by atoms with Gasteiger partial charge in [0.2, 0.25) is 0 Å². The summed E-state index contributed by atoms with van der Waals surface area (Å²) in [6, 6.07) is 0.719. The molecule has 1 N–H and O–H groups in total. The molecule has 16 heavy (non-hydrogen) atoms. The van der Waals surface area contributed by atoms with E-state index in [0.717, 1.165) is 12.0 Å². The average Bonchev–Trinajstić information content (AvgIpc) is 2.42. The minimum Gasteiger partial charge on any atom is -0.299 e. The molecule has 3 atom stereocenters. The molecule has 0 radical (unpaired) electrons. The van der Waals surface area contributed by atoms with Crippen molar-refractivity contribution in [2.45, 2.75) is 70.7 Å². The Balaban J connectivity index is 1.98. The van der Waals surface area contributed by atoms with Crippen LogP contribution in [0.1, 0.15) is 59.8 Å². The second-order valence-corrected chi connectivity index (χ2v) is 8.25. The van der Waals surface area contributed by atoms with Crippen molar-refractivity contribution in [2.75, 3.05) is 5.75 Å². The normalized spacial score (nSPS) is 41.2. The van der Waals surface area contributed by atoms with Gasteiger partial charge in [-0.25, -0.2) is 0 Å². The van der Waals surface area contributed by atoms with Crippen molar-refractivity contribution in [3.63, 3.8) is 0 Å². The number of hydrogen-bond acceptors (Lipinski definition) is 2. The Kier molecular flexibility index (Phi) is 3.61. The lowest BCUT2D eigenvalue weighted by Gasteiger charge is -2.31.